The van der Waals surface area contributed by atoms with E-state index in [1.54, 1.807) is 18.4 Å². The van der Waals surface area contributed by atoms with Crippen molar-refractivity contribution >= 4 is 48.1 Å². The van der Waals surface area contributed by atoms with Crippen LogP contribution >= 0.6 is 11.3 Å². The van der Waals surface area contributed by atoms with Crippen molar-refractivity contribution in [1.29, 1.82) is 0 Å². The number of sulfonamides is 2. The summed E-state index contributed by atoms with van der Waals surface area (Å²) in [4.78, 5) is 17.0. The molecule has 0 spiro atoms. The summed E-state index contributed by atoms with van der Waals surface area (Å²) in [6.07, 6.45) is 3.11. The fourth-order valence-corrected chi connectivity index (χ4v) is 7.03. The van der Waals surface area contributed by atoms with Gasteiger partial charge >= 0.3 is 0 Å². The van der Waals surface area contributed by atoms with Gasteiger partial charge in [0, 0.05) is 35.9 Å². The number of piperidine rings is 1. The van der Waals surface area contributed by atoms with Crippen molar-refractivity contribution in [2.75, 3.05) is 23.1 Å². The number of aryl methyl sites for hydroxylation is 1. The van der Waals surface area contributed by atoms with E-state index in [4.69, 9.17) is 0 Å². The molecule has 1 saturated heterocycles. The number of hydrogen-bond donors (Lipinski definition) is 2. The van der Waals surface area contributed by atoms with Gasteiger partial charge in [-0.1, -0.05) is 13.0 Å². The SMILES string of the molecule is Cc1ccc(S(=O)(=O)N2CCC(C)CC2)cc1C(=O)Nc1ccc(S(=O)(=O)Nc2nccs2)cc1. The molecule has 1 aliphatic heterocycles. The number of benzene rings is 2. The summed E-state index contributed by atoms with van der Waals surface area (Å²) in [7, 11) is -7.51. The van der Waals surface area contributed by atoms with E-state index in [1.165, 1.54) is 46.9 Å². The minimum absolute atomic E-state index is 0.0193. The van der Waals surface area contributed by atoms with Crippen LogP contribution < -0.4 is 10.0 Å². The predicted molar refractivity (Wildman–Crippen MR) is 136 cm³/mol. The Hall–Kier alpha value is -2.80. The van der Waals surface area contributed by atoms with Gasteiger partial charge < -0.3 is 5.32 Å². The van der Waals surface area contributed by atoms with Crippen molar-refractivity contribution in [3.8, 4) is 0 Å². The number of nitrogens with one attached hydrogen (secondary N) is 2. The molecule has 0 saturated carbocycles. The van der Waals surface area contributed by atoms with Gasteiger partial charge in [-0.15, -0.1) is 11.3 Å². The molecule has 0 bridgehead atoms. The average Bonchev–Trinajstić information content (AvgIpc) is 3.32. The molecule has 1 amide bonds. The van der Waals surface area contributed by atoms with Gasteiger partial charge in [0.25, 0.3) is 15.9 Å². The highest BCUT2D eigenvalue weighted by Crippen LogP contribution is 2.26. The zero-order valence-corrected chi connectivity index (χ0v) is 21.7. The molecule has 35 heavy (non-hydrogen) atoms. The highest BCUT2D eigenvalue weighted by molar-refractivity contribution is 7.93. The standard InChI is InChI=1S/C23H26N4O5S3/c1-16-9-12-27(13-10-16)35(31,32)20-6-3-17(2)21(15-20)22(28)25-18-4-7-19(8-5-18)34(29,30)26-23-24-11-14-33-23/h3-8,11,14-16H,9-10,12-13H2,1-2H3,(H,24,26)(H,25,28). The molecule has 1 aromatic heterocycles. The number of aromatic nitrogens is 1. The largest absolute Gasteiger partial charge is 0.322 e. The predicted octanol–water partition coefficient (Wildman–Crippen LogP) is 3.93. The molecule has 3 aromatic rings. The van der Waals surface area contributed by atoms with E-state index < -0.39 is 26.0 Å². The van der Waals surface area contributed by atoms with Gasteiger partial charge in [0.1, 0.15) is 0 Å². The molecule has 2 aromatic carbocycles. The van der Waals surface area contributed by atoms with Crippen LogP contribution in [0.2, 0.25) is 0 Å². The highest BCUT2D eigenvalue weighted by Gasteiger charge is 2.29. The average molecular weight is 535 g/mol. The van der Waals surface area contributed by atoms with Crippen molar-refractivity contribution in [2.24, 2.45) is 5.92 Å². The van der Waals surface area contributed by atoms with Gasteiger partial charge in [0.05, 0.1) is 9.79 Å². The molecule has 2 N–H and O–H groups in total. The number of anilines is 2. The van der Waals surface area contributed by atoms with Crippen LogP contribution in [0.5, 0.6) is 0 Å². The third-order valence-electron chi connectivity index (χ3n) is 5.91. The van der Waals surface area contributed by atoms with E-state index >= 15 is 0 Å². The van der Waals surface area contributed by atoms with Gasteiger partial charge in [-0.25, -0.2) is 21.8 Å². The summed E-state index contributed by atoms with van der Waals surface area (Å²) in [5.74, 6) is 0.00802. The van der Waals surface area contributed by atoms with Crippen molar-refractivity contribution < 1.29 is 21.6 Å². The van der Waals surface area contributed by atoms with Crippen LogP contribution in [0, 0.1) is 12.8 Å². The second kappa shape index (κ2) is 10.1. The number of rotatable bonds is 7. The van der Waals surface area contributed by atoms with E-state index in [0.717, 1.165) is 24.2 Å². The number of carbonyl (C=O) groups excluding carboxylic acids is 1. The first kappa shape index (κ1) is 25.3. The minimum atomic E-state index is -3.81. The highest BCUT2D eigenvalue weighted by atomic mass is 32.2. The van der Waals surface area contributed by atoms with Gasteiger partial charge in [-0.2, -0.15) is 4.31 Å². The summed E-state index contributed by atoms with van der Waals surface area (Å²) in [5.41, 5.74) is 1.24. The molecule has 186 valence electrons. The maximum absolute atomic E-state index is 13.1. The van der Waals surface area contributed by atoms with E-state index in [1.807, 2.05) is 0 Å². The lowest BCUT2D eigenvalue weighted by atomic mass is 10.0. The number of hydrogen-bond acceptors (Lipinski definition) is 7. The Bertz CT molecular complexity index is 1410. The second-order valence-electron chi connectivity index (χ2n) is 8.48. The summed E-state index contributed by atoms with van der Waals surface area (Å²) < 4.78 is 55.1. The summed E-state index contributed by atoms with van der Waals surface area (Å²) in [5, 5.41) is 4.63. The molecule has 0 radical (unpaired) electrons. The van der Waals surface area contributed by atoms with Crippen LogP contribution in [0.3, 0.4) is 0 Å². The number of thiazole rings is 1. The van der Waals surface area contributed by atoms with Crippen molar-refractivity contribution in [3.05, 3.63) is 65.2 Å². The van der Waals surface area contributed by atoms with Crippen molar-refractivity contribution in [3.63, 3.8) is 0 Å². The van der Waals surface area contributed by atoms with E-state index in [9.17, 15) is 21.6 Å². The Morgan fingerprint density at radius 3 is 2.31 bits per heavy atom. The Balaban J connectivity index is 1.50. The molecule has 9 nitrogen and oxygen atoms in total. The van der Waals surface area contributed by atoms with Gasteiger partial charge in [-0.05, 0) is 67.6 Å². The topological polar surface area (TPSA) is 126 Å². The number of nitrogens with zero attached hydrogens (tertiary/aromatic N) is 2. The molecule has 4 rings (SSSR count). The lowest BCUT2D eigenvalue weighted by Gasteiger charge is -2.29. The molecule has 0 unspecified atom stereocenters. The van der Waals surface area contributed by atoms with Crippen LogP contribution in [-0.4, -0.2) is 45.1 Å². The van der Waals surface area contributed by atoms with Crippen molar-refractivity contribution in [2.45, 2.75) is 36.5 Å². The first-order valence-corrected chi connectivity index (χ1v) is 14.8. The maximum Gasteiger partial charge on any atom is 0.263 e. The van der Waals surface area contributed by atoms with Crippen LogP contribution in [0.25, 0.3) is 0 Å². The summed E-state index contributed by atoms with van der Waals surface area (Å²) >= 11 is 1.16. The van der Waals surface area contributed by atoms with E-state index in [0.29, 0.717) is 30.3 Å². The summed E-state index contributed by atoms with van der Waals surface area (Å²) in [6, 6.07) is 10.2. The smallest absolute Gasteiger partial charge is 0.263 e. The Morgan fingerprint density at radius 1 is 1.03 bits per heavy atom. The monoisotopic (exact) mass is 534 g/mol. The number of carbonyl (C=O) groups is 1. The third kappa shape index (κ3) is 5.72. The fraction of sp³-hybridized carbons (Fsp3) is 0.304. The molecule has 0 aliphatic carbocycles. The maximum atomic E-state index is 13.1. The first-order valence-electron chi connectivity index (χ1n) is 11.0. The number of amides is 1. The molecule has 2 heterocycles. The Kier molecular flexibility index (Phi) is 7.27. The Labute approximate surface area is 209 Å². The molecule has 1 fully saturated rings. The van der Waals surface area contributed by atoms with Crippen LogP contribution in [0.4, 0.5) is 10.8 Å². The second-order valence-corrected chi connectivity index (χ2v) is 13.0. The van der Waals surface area contributed by atoms with E-state index in [-0.39, 0.29) is 20.5 Å². The molecular weight excluding hydrogens is 508 g/mol. The fourth-order valence-electron chi connectivity index (χ4n) is 3.74. The van der Waals surface area contributed by atoms with Gasteiger partial charge in [-0.3, -0.25) is 9.52 Å². The minimum Gasteiger partial charge on any atom is -0.322 e. The van der Waals surface area contributed by atoms with Crippen LogP contribution in [-0.2, 0) is 20.0 Å². The lowest BCUT2D eigenvalue weighted by Crippen LogP contribution is -2.38. The van der Waals surface area contributed by atoms with Crippen LogP contribution in [0.1, 0.15) is 35.7 Å². The van der Waals surface area contributed by atoms with Crippen molar-refractivity contribution in [1.82, 2.24) is 9.29 Å². The molecule has 12 heteroatoms. The quantitative estimate of drug-likeness (QED) is 0.473. The van der Waals surface area contributed by atoms with Gasteiger partial charge in [0.2, 0.25) is 10.0 Å². The van der Waals surface area contributed by atoms with E-state index in [2.05, 4.69) is 21.9 Å². The third-order valence-corrected chi connectivity index (χ3v) is 9.98. The zero-order chi connectivity index (χ0) is 25.2. The summed E-state index contributed by atoms with van der Waals surface area (Å²) in [6.45, 7) is 4.77. The normalized spacial score (nSPS) is 15.6. The van der Waals surface area contributed by atoms with Crippen LogP contribution in [0.15, 0.2) is 63.8 Å². The molecule has 0 atom stereocenters. The lowest BCUT2D eigenvalue weighted by molar-refractivity contribution is 0.102. The Morgan fingerprint density at radius 2 is 1.69 bits per heavy atom. The first-order chi connectivity index (χ1) is 16.6. The zero-order valence-electron chi connectivity index (χ0n) is 19.3. The molecule has 1 aliphatic rings. The molecular formula is C23H26N4O5S3. The van der Waals surface area contributed by atoms with Gasteiger partial charge in [0.15, 0.2) is 5.13 Å².